The highest BCUT2D eigenvalue weighted by molar-refractivity contribution is 5.89. The van der Waals surface area contributed by atoms with Gasteiger partial charge in [0.25, 0.3) is 0 Å². The van der Waals surface area contributed by atoms with Crippen LogP contribution in [-0.4, -0.2) is 34.5 Å². The van der Waals surface area contributed by atoms with E-state index in [1.807, 2.05) is 18.2 Å². The zero-order valence-corrected chi connectivity index (χ0v) is 11.6. The number of esters is 1. The average Bonchev–Trinajstić information content (AvgIpc) is 3.20. The fourth-order valence-corrected chi connectivity index (χ4v) is 2.37. The Labute approximate surface area is 125 Å². The number of ether oxygens (including phenoxy) is 3. The molecule has 4 rings (SSSR count). The molecule has 1 aliphatic heterocycles. The third-order valence-electron chi connectivity index (χ3n) is 3.42. The summed E-state index contributed by atoms with van der Waals surface area (Å²) in [6.45, 7) is 0.210. The number of hydrogen-bond acceptors (Lipinski definition) is 6. The molecule has 3 aromatic rings. The first-order valence-corrected chi connectivity index (χ1v) is 6.59. The summed E-state index contributed by atoms with van der Waals surface area (Å²) in [5.74, 6) is 0.882. The van der Waals surface area contributed by atoms with Crippen LogP contribution in [0.5, 0.6) is 11.5 Å². The lowest BCUT2D eigenvalue weighted by molar-refractivity contribution is 0.0590. The van der Waals surface area contributed by atoms with Crippen molar-refractivity contribution in [2.45, 2.75) is 0 Å². The summed E-state index contributed by atoms with van der Waals surface area (Å²) in [4.78, 5) is 16.4. The minimum absolute atomic E-state index is 0.210. The molecule has 7 nitrogen and oxygen atoms in total. The Morgan fingerprint density at radius 1 is 1.23 bits per heavy atom. The minimum atomic E-state index is -0.474. The second-order valence-corrected chi connectivity index (χ2v) is 4.69. The van der Waals surface area contributed by atoms with Crippen LogP contribution in [0.25, 0.3) is 16.9 Å². The molecule has 0 bridgehead atoms. The van der Waals surface area contributed by atoms with E-state index >= 15 is 0 Å². The number of hydrogen-bond donors (Lipinski definition) is 0. The molecule has 1 aromatic carbocycles. The monoisotopic (exact) mass is 297 g/mol. The number of methoxy groups -OCH3 is 1. The summed E-state index contributed by atoms with van der Waals surface area (Å²) in [6, 6.07) is 8.88. The number of carbonyl (C=O) groups is 1. The molecular formula is C15H11N3O4. The predicted octanol–water partition coefficient (Wildman–Crippen LogP) is 1.91. The van der Waals surface area contributed by atoms with Crippen molar-refractivity contribution in [3.63, 3.8) is 0 Å². The highest BCUT2D eigenvalue weighted by Crippen LogP contribution is 2.35. The Balaban J connectivity index is 1.90. The van der Waals surface area contributed by atoms with Gasteiger partial charge in [-0.2, -0.15) is 5.10 Å². The normalized spacial score (nSPS) is 12.6. The first-order valence-electron chi connectivity index (χ1n) is 6.59. The van der Waals surface area contributed by atoms with Gasteiger partial charge in [-0.25, -0.2) is 14.3 Å². The molecule has 110 valence electrons. The van der Waals surface area contributed by atoms with Crippen LogP contribution in [-0.2, 0) is 4.74 Å². The average molecular weight is 297 g/mol. The fraction of sp³-hybridized carbons (Fsp3) is 0.133. The molecule has 0 spiro atoms. The van der Waals surface area contributed by atoms with Gasteiger partial charge in [0.1, 0.15) is 0 Å². The van der Waals surface area contributed by atoms with Crippen LogP contribution >= 0.6 is 0 Å². The predicted molar refractivity (Wildman–Crippen MR) is 75.9 cm³/mol. The summed E-state index contributed by atoms with van der Waals surface area (Å²) in [5, 5.41) is 4.09. The van der Waals surface area contributed by atoms with Gasteiger partial charge < -0.3 is 14.2 Å². The van der Waals surface area contributed by atoms with Crippen molar-refractivity contribution in [3.8, 4) is 22.8 Å². The first-order chi connectivity index (χ1) is 10.8. The zero-order valence-electron chi connectivity index (χ0n) is 11.6. The molecule has 2 aromatic heterocycles. The first kappa shape index (κ1) is 12.6. The SMILES string of the molecule is COC(=O)c1cc(-c2ccc3c(c2)OCO3)nc2ccnn12. The van der Waals surface area contributed by atoms with Gasteiger partial charge in [0.15, 0.2) is 22.8 Å². The molecule has 0 radical (unpaired) electrons. The van der Waals surface area contributed by atoms with Crippen molar-refractivity contribution in [2.75, 3.05) is 13.9 Å². The van der Waals surface area contributed by atoms with Gasteiger partial charge in [0.05, 0.1) is 19.0 Å². The molecule has 3 heterocycles. The highest BCUT2D eigenvalue weighted by Gasteiger charge is 2.18. The van der Waals surface area contributed by atoms with Crippen LogP contribution in [0.15, 0.2) is 36.5 Å². The van der Waals surface area contributed by atoms with Crippen LogP contribution in [0.1, 0.15) is 10.5 Å². The molecular weight excluding hydrogens is 286 g/mol. The number of aromatic nitrogens is 3. The Kier molecular flexibility index (Phi) is 2.72. The van der Waals surface area contributed by atoms with Crippen molar-refractivity contribution in [1.82, 2.24) is 14.6 Å². The Hall–Kier alpha value is -3.09. The third-order valence-corrected chi connectivity index (χ3v) is 3.42. The fourth-order valence-electron chi connectivity index (χ4n) is 2.37. The van der Waals surface area contributed by atoms with Crippen molar-refractivity contribution in [2.24, 2.45) is 0 Å². The van der Waals surface area contributed by atoms with E-state index in [-0.39, 0.29) is 6.79 Å². The van der Waals surface area contributed by atoms with Gasteiger partial charge in [0.2, 0.25) is 6.79 Å². The number of benzene rings is 1. The van der Waals surface area contributed by atoms with Crippen molar-refractivity contribution in [3.05, 3.63) is 42.2 Å². The summed E-state index contributed by atoms with van der Waals surface area (Å²) < 4.78 is 16.9. The lowest BCUT2D eigenvalue weighted by atomic mass is 10.1. The second kappa shape index (κ2) is 4.73. The van der Waals surface area contributed by atoms with Crippen LogP contribution in [0, 0.1) is 0 Å². The minimum Gasteiger partial charge on any atom is -0.464 e. The maximum Gasteiger partial charge on any atom is 0.356 e. The number of fused-ring (bicyclic) bond motifs is 2. The van der Waals surface area contributed by atoms with E-state index in [1.165, 1.54) is 11.6 Å². The lowest BCUT2D eigenvalue weighted by Gasteiger charge is -2.07. The molecule has 0 saturated heterocycles. The van der Waals surface area contributed by atoms with E-state index in [0.717, 1.165) is 5.56 Å². The lowest BCUT2D eigenvalue weighted by Crippen LogP contribution is -2.10. The molecule has 0 saturated carbocycles. The molecule has 1 aliphatic rings. The van der Waals surface area contributed by atoms with Gasteiger partial charge in [-0.15, -0.1) is 0 Å². The molecule has 0 fully saturated rings. The van der Waals surface area contributed by atoms with Crippen molar-refractivity contribution >= 4 is 11.6 Å². The summed E-state index contributed by atoms with van der Waals surface area (Å²) in [7, 11) is 1.33. The standard InChI is InChI=1S/C15H11N3O4/c1-20-15(19)11-7-10(17-14-4-5-16-18(11)14)9-2-3-12-13(6-9)22-8-21-12/h2-7H,8H2,1H3. The summed E-state index contributed by atoms with van der Waals surface area (Å²) in [6.07, 6.45) is 1.58. The van der Waals surface area contributed by atoms with E-state index < -0.39 is 5.97 Å². The van der Waals surface area contributed by atoms with E-state index in [0.29, 0.717) is 28.5 Å². The molecule has 0 N–H and O–H groups in total. The van der Waals surface area contributed by atoms with Crippen LogP contribution in [0.3, 0.4) is 0 Å². The van der Waals surface area contributed by atoms with Crippen LogP contribution in [0.2, 0.25) is 0 Å². The molecule has 22 heavy (non-hydrogen) atoms. The van der Waals surface area contributed by atoms with Gasteiger partial charge in [-0.3, -0.25) is 0 Å². The zero-order chi connectivity index (χ0) is 15.1. The summed E-state index contributed by atoms with van der Waals surface area (Å²) >= 11 is 0. The number of carbonyl (C=O) groups excluding carboxylic acids is 1. The largest absolute Gasteiger partial charge is 0.464 e. The molecule has 0 amide bonds. The Morgan fingerprint density at radius 3 is 2.95 bits per heavy atom. The molecule has 7 heteroatoms. The van der Waals surface area contributed by atoms with E-state index in [9.17, 15) is 4.79 Å². The van der Waals surface area contributed by atoms with Gasteiger partial charge in [-0.05, 0) is 24.3 Å². The van der Waals surface area contributed by atoms with Crippen LogP contribution in [0.4, 0.5) is 0 Å². The Bertz CT molecular complexity index is 888. The third kappa shape index (κ3) is 1.86. The quantitative estimate of drug-likeness (QED) is 0.673. The topological polar surface area (TPSA) is 75.0 Å². The molecule has 0 aliphatic carbocycles. The number of nitrogens with zero attached hydrogens (tertiary/aromatic N) is 3. The smallest absolute Gasteiger partial charge is 0.356 e. The second-order valence-electron chi connectivity index (χ2n) is 4.69. The maximum atomic E-state index is 11.9. The Morgan fingerprint density at radius 2 is 2.09 bits per heavy atom. The van der Waals surface area contributed by atoms with Gasteiger partial charge in [0, 0.05) is 11.6 Å². The molecule has 0 unspecified atom stereocenters. The van der Waals surface area contributed by atoms with E-state index in [1.54, 1.807) is 18.3 Å². The highest BCUT2D eigenvalue weighted by atomic mass is 16.7. The number of rotatable bonds is 2. The van der Waals surface area contributed by atoms with Crippen molar-refractivity contribution < 1.29 is 19.0 Å². The van der Waals surface area contributed by atoms with Gasteiger partial charge >= 0.3 is 5.97 Å². The van der Waals surface area contributed by atoms with Crippen molar-refractivity contribution in [1.29, 1.82) is 0 Å². The summed E-state index contributed by atoms with van der Waals surface area (Å²) in [5.41, 5.74) is 2.32. The molecule has 0 atom stereocenters. The van der Waals surface area contributed by atoms with Crippen LogP contribution < -0.4 is 9.47 Å². The van der Waals surface area contributed by atoms with Gasteiger partial charge in [-0.1, -0.05) is 0 Å². The van der Waals surface area contributed by atoms with E-state index in [4.69, 9.17) is 14.2 Å². The maximum absolute atomic E-state index is 11.9. The van der Waals surface area contributed by atoms with E-state index in [2.05, 4.69) is 10.1 Å².